The summed E-state index contributed by atoms with van der Waals surface area (Å²) in [5, 5.41) is 25.9. The third-order valence-corrected chi connectivity index (χ3v) is 7.47. The molecule has 1 aromatic carbocycles. The molecule has 15 heteroatoms. The molecule has 3 heterocycles. The highest BCUT2D eigenvalue weighted by Gasteiger charge is 2.54. The number of halogens is 6. The number of aromatic nitrogens is 1. The van der Waals surface area contributed by atoms with Gasteiger partial charge in [-0.15, -0.1) is 0 Å². The van der Waals surface area contributed by atoms with E-state index in [9.17, 15) is 31.4 Å². The summed E-state index contributed by atoms with van der Waals surface area (Å²) in [5.41, 5.74) is 3.70. The number of pyridine rings is 1. The van der Waals surface area contributed by atoms with Gasteiger partial charge in [0.05, 0.1) is 31.1 Å². The fourth-order valence-corrected chi connectivity index (χ4v) is 5.49. The fourth-order valence-electron chi connectivity index (χ4n) is 5.49. The topological polar surface area (TPSA) is 123 Å². The SMILES string of the molecule is O=C(O)C(F)(F)F.O=C(O)C(F)(F)F.O[C@H]1[C@H](N2CCOCC2)c2ccccc2C12CCN(Cc1ccccn1)CC2. The highest BCUT2D eigenvalue weighted by atomic mass is 19.4. The van der Waals surface area contributed by atoms with E-state index in [1.807, 2.05) is 12.3 Å². The number of benzene rings is 1. The van der Waals surface area contributed by atoms with Crippen molar-refractivity contribution in [3.05, 3.63) is 65.5 Å². The smallest absolute Gasteiger partial charge is 0.475 e. The van der Waals surface area contributed by atoms with Crippen LogP contribution in [0.5, 0.6) is 0 Å². The number of hydrogen-bond donors (Lipinski definition) is 3. The Morgan fingerprint density at radius 1 is 0.881 bits per heavy atom. The standard InChI is InChI=1S/C23H29N3O2.2C2HF3O2/c27-22-21(26-13-15-28-16-14-26)19-6-1-2-7-20(19)23(22)8-11-25(12-9-23)17-18-5-3-4-10-24-18;2*3-2(4,5)1(6)7/h1-7,10,21-22,27H,8-9,11-17H2;2*(H,6,7)/t21-,22+;;/m1../s1. The Bertz CT molecular complexity index is 1160. The number of hydrogen-bond acceptors (Lipinski definition) is 7. The molecule has 2 aromatic rings. The van der Waals surface area contributed by atoms with Gasteiger partial charge < -0.3 is 20.1 Å². The number of rotatable bonds is 3. The van der Waals surface area contributed by atoms with E-state index in [1.54, 1.807) is 0 Å². The summed E-state index contributed by atoms with van der Waals surface area (Å²) >= 11 is 0. The summed E-state index contributed by atoms with van der Waals surface area (Å²) in [6.45, 7) is 6.21. The summed E-state index contributed by atoms with van der Waals surface area (Å²) in [6.07, 6.45) is -6.65. The van der Waals surface area contributed by atoms with Crippen LogP contribution in [-0.4, -0.2) is 99.9 Å². The third-order valence-electron chi connectivity index (χ3n) is 7.47. The van der Waals surface area contributed by atoms with Gasteiger partial charge in [0.25, 0.3) is 0 Å². The second-order valence-corrected chi connectivity index (χ2v) is 9.98. The number of alkyl halides is 6. The number of morpholine rings is 1. The molecule has 0 saturated carbocycles. The van der Waals surface area contributed by atoms with Gasteiger partial charge in [0.1, 0.15) is 0 Å². The Labute approximate surface area is 237 Å². The van der Waals surface area contributed by atoms with Crippen LogP contribution >= 0.6 is 0 Å². The molecule has 42 heavy (non-hydrogen) atoms. The summed E-state index contributed by atoms with van der Waals surface area (Å²) in [4.78, 5) is 27.2. The maximum Gasteiger partial charge on any atom is 0.490 e. The minimum absolute atomic E-state index is 0.0995. The van der Waals surface area contributed by atoms with E-state index in [2.05, 4.69) is 51.2 Å². The minimum Gasteiger partial charge on any atom is -0.475 e. The number of carboxylic acid groups (broad SMARTS) is 2. The van der Waals surface area contributed by atoms with Gasteiger partial charge in [-0.1, -0.05) is 30.3 Å². The maximum absolute atomic E-state index is 11.6. The Balaban J connectivity index is 0.000000289. The highest BCUT2D eigenvalue weighted by Crippen LogP contribution is 2.53. The molecule has 1 aliphatic carbocycles. The Hall–Kier alpha value is -3.27. The zero-order valence-corrected chi connectivity index (χ0v) is 22.3. The van der Waals surface area contributed by atoms with Crippen molar-refractivity contribution in [2.45, 2.75) is 49.3 Å². The van der Waals surface area contributed by atoms with Crippen LogP contribution in [-0.2, 0) is 26.3 Å². The summed E-state index contributed by atoms with van der Waals surface area (Å²) in [5.74, 6) is -5.51. The number of carboxylic acids is 2. The van der Waals surface area contributed by atoms with Crippen LogP contribution in [0.1, 0.15) is 35.7 Å². The number of piperidine rings is 1. The Kier molecular flexibility index (Phi) is 10.9. The van der Waals surface area contributed by atoms with Gasteiger partial charge in [0, 0.05) is 31.2 Å². The summed E-state index contributed by atoms with van der Waals surface area (Å²) < 4.78 is 69.0. The zero-order chi connectivity index (χ0) is 31.1. The van der Waals surface area contributed by atoms with E-state index in [1.165, 1.54) is 11.1 Å². The molecule has 5 rings (SSSR count). The summed E-state index contributed by atoms with van der Waals surface area (Å²) in [6, 6.07) is 15.0. The van der Waals surface area contributed by atoms with Crippen LogP contribution < -0.4 is 0 Å². The van der Waals surface area contributed by atoms with E-state index < -0.39 is 24.3 Å². The second-order valence-electron chi connectivity index (χ2n) is 9.98. The van der Waals surface area contributed by atoms with Crippen molar-refractivity contribution in [2.75, 3.05) is 39.4 Å². The molecule has 0 unspecified atom stereocenters. The van der Waals surface area contributed by atoms with Gasteiger partial charge >= 0.3 is 24.3 Å². The van der Waals surface area contributed by atoms with Crippen molar-refractivity contribution in [1.82, 2.24) is 14.8 Å². The number of carbonyl (C=O) groups is 2. The lowest BCUT2D eigenvalue weighted by Gasteiger charge is -2.44. The van der Waals surface area contributed by atoms with Crippen molar-refractivity contribution >= 4 is 11.9 Å². The number of likely N-dealkylation sites (tertiary alicyclic amines) is 1. The van der Waals surface area contributed by atoms with Crippen LogP contribution in [0, 0.1) is 0 Å². The first-order valence-corrected chi connectivity index (χ1v) is 13.0. The van der Waals surface area contributed by atoms with Crippen LogP contribution in [0.3, 0.4) is 0 Å². The monoisotopic (exact) mass is 607 g/mol. The predicted molar refractivity (Wildman–Crippen MR) is 135 cm³/mol. The first-order valence-electron chi connectivity index (χ1n) is 13.0. The normalized spacial score (nSPS) is 22.3. The zero-order valence-electron chi connectivity index (χ0n) is 22.3. The Morgan fingerprint density at radius 3 is 1.90 bits per heavy atom. The first-order chi connectivity index (χ1) is 19.7. The average molecular weight is 608 g/mol. The maximum atomic E-state index is 11.6. The molecule has 2 atom stereocenters. The molecule has 9 nitrogen and oxygen atoms in total. The lowest BCUT2D eigenvalue weighted by Crippen LogP contribution is -2.51. The van der Waals surface area contributed by atoms with E-state index in [-0.39, 0.29) is 17.6 Å². The number of aliphatic hydroxyl groups is 1. The van der Waals surface area contributed by atoms with Gasteiger partial charge in [-0.25, -0.2) is 9.59 Å². The molecular formula is C27H31F6N3O6. The van der Waals surface area contributed by atoms with Crippen molar-refractivity contribution < 1.29 is 56.0 Å². The molecule has 2 fully saturated rings. The number of aliphatic carboxylic acids is 2. The number of aliphatic hydroxyl groups excluding tert-OH is 1. The molecular weight excluding hydrogens is 576 g/mol. The first kappa shape index (κ1) is 33.2. The van der Waals surface area contributed by atoms with E-state index in [0.717, 1.165) is 64.5 Å². The molecule has 3 aliphatic rings. The van der Waals surface area contributed by atoms with Crippen molar-refractivity contribution in [1.29, 1.82) is 0 Å². The molecule has 0 amide bonds. The largest absolute Gasteiger partial charge is 0.490 e. The molecule has 3 N–H and O–H groups in total. The number of ether oxygens (including phenoxy) is 1. The van der Waals surface area contributed by atoms with E-state index in [0.29, 0.717) is 0 Å². The third kappa shape index (κ3) is 8.18. The molecule has 1 spiro atoms. The lowest BCUT2D eigenvalue weighted by molar-refractivity contribution is -0.193. The van der Waals surface area contributed by atoms with Crippen LogP contribution in [0.2, 0.25) is 0 Å². The minimum atomic E-state index is -5.08. The summed E-state index contributed by atoms with van der Waals surface area (Å²) in [7, 11) is 0. The average Bonchev–Trinajstić information content (AvgIpc) is 3.18. The second kappa shape index (κ2) is 13.8. The van der Waals surface area contributed by atoms with E-state index in [4.69, 9.17) is 24.5 Å². The predicted octanol–water partition coefficient (Wildman–Crippen LogP) is 3.63. The highest BCUT2D eigenvalue weighted by molar-refractivity contribution is 5.73. The molecule has 232 valence electrons. The molecule has 2 saturated heterocycles. The number of fused-ring (bicyclic) bond motifs is 2. The van der Waals surface area contributed by atoms with Crippen molar-refractivity contribution in [3.63, 3.8) is 0 Å². The van der Waals surface area contributed by atoms with Gasteiger partial charge in [0.15, 0.2) is 0 Å². The van der Waals surface area contributed by atoms with Gasteiger partial charge in [-0.3, -0.25) is 14.8 Å². The molecule has 1 aromatic heterocycles. The van der Waals surface area contributed by atoms with Crippen LogP contribution in [0.25, 0.3) is 0 Å². The van der Waals surface area contributed by atoms with Gasteiger partial charge in [-0.05, 0) is 49.2 Å². The van der Waals surface area contributed by atoms with Gasteiger partial charge in [0.2, 0.25) is 0 Å². The Morgan fingerprint density at radius 2 is 1.40 bits per heavy atom. The van der Waals surface area contributed by atoms with Gasteiger partial charge in [-0.2, -0.15) is 26.3 Å². The van der Waals surface area contributed by atoms with Crippen LogP contribution in [0.15, 0.2) is 48.7 Å². The quantitative estimate of drug-likeness (QED) is 0.449. The van der Waals surface area contributed by atoms with Crippen molar-refractivity contribution in [2.24, 2.45) is 0 Å². The van der Waals surface area contributed by atoms with Crippen molar-refractivity contribution in [3.8, 4) is 0 Å². The number of nitrogens with zero attached hydrogens (tertiary/aromatic N) is 3. The molecule has 0 bridgehead atoms. The fraction of sp³-hybridized carbons (Fsp3) is 0.519. The lowest BCUT2D eigenvalue weighted by atomic mass is 9.72. The molecule has 2 aliphatic heterocycles. The van der Waals surface area contributed by atoms with Crippen LogP contribution in [0.4, 0.5) is 26.3 Å². The molecule has 0 radical (unpaired) electrons. The van der Waals surface area contributed by atoms with E-state index >= 15 is 0 Å².